The van der Waals surface area contributed by atoms with E-state index in [-0.39, 0.29) is 5.78 Å². The highest BCUT2D eigenvalue weighted by molar-refractivity contribution is 5.76. The first-order valence-electron chi connectivity index (χ1n) is 5.72. The lowest BCUT2D eigenvalue weighted by Gasteiger charge is -2.28. The predicted octanol–water partition coefficient (Wildman–Crippen LogP) is 1.71. The van der Waals surface area contributed by atoms with Gasteiger partial charge in [0.05, 0.1) is 20.7 Å². The molecule has 0 saturated heterocycles. The first-order chi connectivity index (χ1) is 6.83. The van der Waals surface area contributed by atoms with Crippen LogP contribution in [-0.4, -0.2) is 50.7 Å². The summed E-state index contributed by atoms with van der Waals surface area (Å²) in [5, 5.41) is 0. The van der Waals surface area contributed by atoms with Crippen LogP contribution in [0.25, 0.3) is 0 Å². The standard InChI is InChI=1S/C12H26NO2/c1-11(2)6-8-15-9-7-13(4,5)10-12(3)14/h11H,6-10H2,1-5H3/q+1. The number of hydrogen-bond acceptors (Lipinski definition) is 2. The van der Waals surface area contributed by atoms with Gasteiger partial charge in [0.2, 0.25) is 0 Å². The summed E-state index contributed by atoms with van der Waals surface area (Å²) in [6.07, 6.45) is 1.11. The van der Waals surface area contributed by atoms with Gasteiger partial charge in [-0.05, 0) is 12.3 Å². The fourth-order valence-electron chi connectivity index (χ4n) is 1.41. The molecule has 90 valence electrons. The van der Waals surface area contributed by atoms with Crippen molar-refractivity contribution in [1.29, 1.82) is 0 Å². The second-order valence-corrected chi connectivity index (χ2v) is 5.31. The van der Waals surface area contributed by atoms with Gasteiger partial charge < -0.3 is 9.22 Å². The summed E-state index contributed by atoms with van der Waals surface area (Å²) in [6.45, 7) is 9.09. The topological polar surface area (TPSA) is 26.3 Å². The van der Waals surface area contributed by atoms with Crippen molar-refractivity contribution in [3.8, 4) is 0 Å². The minimum Gasteiger partial charge on any atom is -0.376 e. The first kappa shape index (κ1) is 14.6. The van der Waals surface area contributed by atoms with Crippen LogP contribution in [0.3, 0.4) is 0 Å². The number of quaternary nitrogens is 1. The van der Waals surface area contributed by atoms with E-state index in [2.05, 4.69) is 27.9 Å². The van der Waals surface area contributed by atoms with Crippen molar-refractivity contribution >= 4 is 5.78 Å². The molecule has 0 N–H and O–H groups in total. The molecule has 3 heteroatoms. The van der Waals surface area contributed by atoms with Gasteiger partial charge in [-0.25, -0.2) is 0 Å². The number of rotatable bonds is 8. The van der Waals surface area contributed by atoms with Gasteiger partial charge in [-0.2, -0.15) is 0 Å². The largest absolute Gasteiger partial charge is 0.376 e. The summed E-state index contributed by atoms with van der Waals surface area (Å²) in [5.74, 6) is 0.937. The van der Waals surface area contributed by atoms with Gasteiger partial charge in [-0.3, -0.25) is 4.79 Å². The van der Waals surface area contributed by atoms with Gasteiger partial charge in [0, 0.05) is 13.5 Å². The Morgan fingerprint density at radius 2 is 1.87 bits per heavy atom. The molecule has 3 nitrogen and oxygen atoms in total. The summed E-state index contributed by atoms with van der Waals surface area (Å²) in [4.78, 5) is 11.0. The maximum absolute atomic E-state index is 11.0. The summed E-state index contributed by atoms with van der Waals surface area (Å²) in [5.41, 5.74) is 0. The highest BCUT2D eigenvalue weighted by Crippen LogP contribution is 2.00. The van der Waals surface area contributed by atoms with Crippen LogP contribution in [0.5, 0.6) is 0 Å². The molecular weight excluding hydrogens is 190 g/mol. The maximum Gasteiger partial charge on any atom is 0.183 e. The molecule has 0 radical (unpaired) electrons. The molecule has 0 saturated carbocycles. The van der Waals surface area contributed by atoms with E-state index in [9.17, 15) is 4.79 Å². The molecule has 0 aromatic rings. The first-order valence-corrected chi connectivity index (χ1v) is 5.72. The monoisotopic (exact) mass is 216 g/mol. The van der Waals surface area contributed by atoms with Crippen LogP contribution >= 0.6 is 0 Å². The zero-order valence-electron chi connectivity index (χ0n) is 10.9. The molecule has 0 aromatic carbocycles. The smallest absolute Gasteiger partial charge is 0.183 e. The van der Waals surface area contributed by atoms with Gasteiger partial charge in [0.1, 0.15) is 13.1 Å². The number of carbonyl (C=O) groups excluding carboxylic acids is 1. The van der Waals surface area contributed by atoms with Crippen LogP contribution in [0, 0.1) is 5.92 Å². The molecular formula is C12H26NO2+. The molecule has 0 unspecified atom stereocenters. The lowest BCUT2D eigenvalue weighted by atomic mass is 10.1. The molecule has 0 bridgehead atoms. The van der Waals surface area contributed by atoms with Crippen LogP contribution in [0.2, 0.25) is 0 Å². The van der Waals surface area contributed by atoms with Crippen LogP contribution in [0.1, 0.15) is 27.2 Å². The van der Waals surface area contributed by atoms with Gasteiger partial charge in [-0.15, -0.1) is 0 Å². The Hall–Kier alpha value is -0.410. The van der Waals surface area contributed by atoms with Crippen molar-refractivity contribution in [3.05, 3.63) is 0 Å². The van der Waals surface area contributed by atoms with E-state index in [1.165, 1.54) is 0 Å². The van der Waals surface area contributed by atoms with Crippen LogP contribution in [0.15, 0.2) is 0 Å². The molecule has 0 heterocycles. The number of hydrogen-bond donors (Lipinski definition) is 0. The summed E-state index contributed by atoms with van der Waals surface area (Å²) in [7, 11) is 4.13. The number of Topliss-reactive ketones (excluding diaryl/α,β-unsaturated/α-hetero) is 1. The molecule has 0 aliphatic carbocycles. The quantitative estimate of drug-likeness (QED) is 0.456. The van der Waals surface area contributed by atoms with Crippen molar-refractivity contribution in [2.75, 3.05) is 40.4 Å². The minimum atomic E-state index is 0.238. The normalized spacial score (nSPS) is 12.1. The Kier molecular flexibility index (Phi) is 6.77. The SMILES string of the molecule is CC(=O)C[N+](C)(C)CCOCCC(C)C. The third kappa shape index (κ3) is 9.88. The molecule has 0 spiro atoms. The molecule has 0 atom stereocenters. The van der Waals surface area contributed by atoms with Crippen molar-refractivity contribution in [2.24, 2.45) is 5.92 Å². The van der Waals surface area contributed by atoms with E-state index in [1.807, 2.05) is 0 Å². The average Bonchev–Trinajstić information content (AvgIpc) is 1.99. The lowest BCUT2D eigenvalue weighted by Crippen LogP contribution is -2.45. The molecule has 0 amide bonds. The van der Waals surface area contributed by atoms with Crippen LogP contribution in [0.4, 0.5) is 0 Å². The average molecular weight is 216 g/mol. The second kappa shape index (κ2) is 6.96. The molecule has 0 aliphatic rings. The molecule has 15 heavy (non-hydrogen) atoms. The third-order valence-electron chi connectivity index (χ3n) is 2.33. The van der Waals surface area contributed by atoms with Crippen molar-refractivity contribution in [3.63, 3.8) is 0 Å². The summed E-state index contributed by atoms with van der Waals surface area (Å²) in [6, 6.07) is 0. The van der Waals surface area contributed by atoms with E-state index >= 15 is 0 Å². The van der Waals surface area contributed by atoms with Crippen molar-refractivity contribution < 1.29 is 14.0 Å². The number of nitrogens with zero attached hydrogens (tertiary/aromatic N) is 1. The second-order valence-electron chi connectivity index (χ2n) is 5.31. The van der Waals surface area contributed by atoms with Gasteiger partial charge in [0.25, 0.3) is 0 Å². The zero-order valence-corrected chi connectivity index (χ0v) is 10.9. The number of likely N-dealkylation sites (N-methyl/N-ethyl adjacent to an activating group) is 1. The Balaban J connectivity index is 3.53. The molecule has 0 rings (SSSR count). The fraction of sp³-hybridized carbons (Fsp3) is 0.917. The summed E-state index contributed by atoms with van der Waals surface area (Å²) < 4.78 is 6.25. The zero-order chi connectivity index (χ0) is 11.9. The molecule has 0 aromatic heterocycles. The van der Waals surface area contributed by atoms with E-state index < -0.39 is 0 Å². The predicted molar refractivity (Wildman–Crippen MR) is 62.8 cm³/mol. The Labute approximate surface area is 94.0 Å². The summed E-state index contributed by atoms with van der Waals surface area (Å²) >= 11 is 0. The fourth-order valence-corrected chi connectivity index (χ4v) is 1.41. The Morgan fingerprint density at radius 3 is 2.33 bits per heavy atom. The molecule has 0 aliphatic heterocycles. The van der Waals surface area contributed by atoms with Gasteiger partial charge in [-0.1, -0.05) is 13.8 Å². The Bertz CT molecular complexity index is 188. The number of ketones is 1. The van der Waals surface area contributed by atoms with Gasteiger partial charge >= 0.3 is 0 Å². The number of ether oxygens (including phenoxy) is 1. The lowest BCUT2D eigenvalue weighted by molar-refractivity contribution is -0.882. The van der Waals surface area contributed by atoms with Crippen molar-refractivity contribution in [2.45, 2.75) is 27.2 Å². The van der Waals surface area contributed by atoms with Crippen LogP contribution in [-0.2, 0) is 9.53 Å². The van der Waals surface area contributed by atoms with E-state index in [1.54, 1.807) is 6.92 Å². The third-order valence-corrected chi connectivity index (χ3v) is 2.33. The highest BCUT2D eigenvalue weighted by Gasteiger charge is 2.16. The van der Waals surface area contributed by atoms with Gasteiger partial charge in [0.15, 0.2) is 5.78 Å². The molecule has 0 fully saturated rings. The Morgan fingerprint density at radius 1 is 1.27 bits per heavy atom. The number of carbonyl (C=O) groups is 1. The van der Waals surface area contributed by atoms with E-state index in [0.717, 1.165) is 30.7 Å². The van der Waals surface area contributed by atoms with Crippen molar-refractivity contribution in [1.82, 2.24) is 0 Å². The minimum absolute atomic E-state index is 0.238. The van der Waals surface area contributed by atoms with E-state index in [4.69, 9.17) is 4.74 Å². The van der Waals surface area contributed by atoms with E-state index in [0.29, 0.717) is 12.5 Å². The maximum atomic E-state index is 11.0. The highest BCUT2D eigenvalue weighted by atomic mass is 16.5. The van der Waals surface area contributed by atoms with Crippen LogP contribution < -0.4 is 0 Å².